The van der Waals surface area contributed by atoms with Gasteiger partial charge in [0.15, 0.2) is 18.1 Å². The van der Waals surface area contributed by atoms with E-state index in [1.165, 1.54) is 0 Å². The highest BCUT2D eigenvalue weighted by Gasteiger charge is 2.33. The first-order valence-corrected chi connectivity index (χ1v) is 7.74. The van der Waals surface area contributed by atoms with Gasteiger partial charge in [0.25, 0.3) is 5.91 Å². The van der Waals surface area contributed by atoms with Crippen LogP contribution in [0.4, 0.5) is 0 Å². The van der Waals surface area contributed by atoms with Crippen molar-refractivity contribution in [3.05, 3.63) is 24.3 Å². The highest BCUT2D eigenvalue weighted by molar-refractivity contribution is 5.90. The molecule has 0 fully saturated rings. The molecule has 0 aromatic heterocycles. The van der Waals surface area contributed by atoms with Crippen LogP contribution in [0.3, 0.4) is 0 Å². The number of rotatable bonds is 9. The van der Waals surface area contributed by atoms with Crippen LogP contribution in [0, 0.1) is 5.92 Å². The molecule has 0 aliphatic heterocycles. The molecule has 23 heavy (non-hydrogen) atoms. The van der Waals surface area contributed by atoms with Gasteiger partial charge < -0.3 is 20.5 Å². The molecule has 6 nitrogen and oxygen atoms in total. The van der Waals surface area contributed by atoms with Gasteiger partial charge in [-0.3, -0.25) is 9.59 Å². The summed E-state index contributed by atoms with van der Waals surface area (Å²) < 4.78 is 10.9. The van der Waals surface area contributed by atoms with Crippen LogP contribution < -0.4 is 20.5 Å². The fourth-order valence-corrected chi connectivity index (χ4v) is 2.36. The lowest BCUT2D eigenvalue weighted by Gasteiger charge is -2.29. The molecule has 0 spiro atoms. The molecule has 0 heterocycles. The summed E-state index contributed by atoms with van der Waals surface area (Å²) >= 11 is 0. The fourth-order valence-electron chi connectivity index (χ4n) is 2.36. The smallest absolute Gasteiger partial charge is 0.258 e. The van der Waals surface area contributed by atoms with Gasteiger partial charge in [-0.15, -0.1) is 0 Å². The van der Waals surface area contributed by atoms with Gasteiger partial charge in [0.05, 0.1) is 6.61 Å². The van der Waals surface area contributed by atoms with E-state index in [1.54, 1.807) is 25.1 Å². The molecule has 1 unspecified atom stereocenters. The Labute approximate surface area is 137 Å². The van der Waals surface area contributed by atoms with Gasteiger partial charge >= 0.3 is 0 Å². The van der Waals surface area contributed by atoms with E-state index >= 15 is 0 Å². The molecule has 1 aromatic carbocycles. The number of carbonyl (C=O) groups excluding carboxylic acids is 2. The quantitative estimate of drug-likeness (QED) is 0.726. The van der Waals surface area contributed by atoms with Crippen LogP contribution >= 0.6 is 0 Å². The van der Waals surface area contributed by atoms with E-state index in [-0.39, 0.29) is 12.5 Å². The minimum absolute atomic E-state index is 0.215. The van der Waals surface area contributed by atoms with Crippen LogP contribution in [0.5, 0.6) is 11.5 Å². The summed E-state index contributed by atoms with van der Waals surface area (Å²) in [5.41, 5.74) is 4.33. The zero-order chi connectivity index (χ0) is 17.5. The normalized spacial score (nSPS) is 13.3. The first kappa shape index (κ1) is 18.8. The lowest BCUT2D eigenvalue weighted by Crippen LogP contribution is -2.57. The number of nitrogens with one attached hydrogen (secondary N) is 1. The molecule has 0 bridgehead atoms. The molecule has 3 N–H and O–H groups in total. The number of primary amides is 1. The van der Waals surface area contributed by atoms with Gasteiger partial charge in [-0.2, -0.15) is 0 Å². The van der Waals surface area contributed by atoms with Crippen molar-refractivity contribution >= 4 is 11.8 Å². The maximum Gasteiger partial charge on any atom is 0.258 e. The van der Waals surface area contributed by atoms with E-state index in [4.69, 9.17) is 15.2 Å². The van der Waals surface area contributed by atoms with Crippen LogP contribution in [-0.4, -0.2) is 30.6 Å². The van der Waals surface area contributed by atoms with Crippen molar-refractivity contribution in [2.24, 2.45) is 11.7 Å². The molecule has 2 amide bonds. The predicted molar refractivity (Wildman–Crippen MR) is 88.3 cm³/mol. The summed E-state index contributed by atoms with van der Waals surface area (Å²) in [7, 11) is 0. The molecule has 0 radical (unpaired) electrons. The van der Waals surface area contributed by atoms with Gasteiger partial charge in [0.1, 0.15) is 5.54 Å². The van der Waals surface area contributed by atoms with Gasteiger partial charge in [-0.1, -0.05) is 26.0 Å². The number of para-hydroxylation sites is 2. The highest BCUT2D eigenvalue weighted by Crippen LogP contribution is 2.26. The fraction of sp³-hybridized carbons (Fsp3) is 0.529. The van der Waals surface area contributed by atoms with Crippen molar-refractivity contribution in [2.75, 3.05) is 13.2 Å². The van der Waals surface area contributed by atoms with E-state index in [2.05, 4.69) is 5.32 Å². The second kappa shape index (κ2) is 8.41. The van der Waals surface area contributed by atoms with Gasteiger partial charge in [0, 0.05) is 0 Å². The van der Waals surface area contributed by atoms with Crippen molar-refractivity contribution in [1.82, 2.24) is 5.32 Å². The van der Waals surface area contributed by atoms with Crippen LogP contribution in [0.1, 0.15) is 34.1 Å². The predicted octanol–water partition coefficient (Wildman–Crippen LogP) is 1.87. The Morgan fingerprint density at radius 1 is 1.22 bits per heavy atom. The molecule has 6 heteroatoms. The zero-order valence-corrected chi connectivity index (χ0v) is 14.2. The Morgan fingerprint density at radius 3 is 2.26 bits per heavy atom. The lowest BCUT2D eigenvalue weighted by molar-refractivity contribution is -0.132. The minimum Gasteiger partial charge on any atom is -0.490 e. The lowest BCUT2D eigenvalue weighted by atomic mass is 9.90. The number of carbonyl (C=O) groups is 2. The largest absolute Gasteiger partial charge is 0.490 e. The van der Waals surface area contributed by atoms with Gasteiger partial charge in [-0.25, -0.2) is 0 Å². The van der Waals surface area contributed by atoms with Crippen molar-refractivity contribution in [1.29, 1.82) is 0 Å². The van der Waals surface area contributed by atoms with Crippen molar-refractivity contribution < 1.29 is 19.1 Å². The molecule has 0 saturated carbocycles. The Bertz CT molecular complexity index is 545. The Hall–Kier alpha value is -2.24. The number of hydrogen-bond donors (Lipinski definition) is 2. The molecule has 0 aliphatic carbocycles. The van der Waals surface area contributed by atoms with Gasteiger partial charge in [0.2, 0.25) is 5.91 Å². The number of benzene rings is 1. The number of hydrogen-bond acceptors (Lipinski definition) is 4. The number of ether oxygens (including phenoxy) is 2. The van der Waals surface area contributed by atoms with Crippen molar-refractivity contribution in [3.63, 3.8) is 0 Å². The average Bonchev–Trinajstić information content (AvgIpc) is 2.45. The van der Waals surface area contributed by atoms with Gasteiger partial charge in [-0.05, 0) is 38.3 Å². The van der Waals surface area contributed by atoms with E-state index < -0.39 is 17.4 Å². The second-order valence-corrected chi connectivity index (χ2v) is 6.01. The van der Waals surface area contributed by atoms with Crippen molar-refractivity contribution in [3.8, 4) is 11.5 Å². The summed E-state index contributed by atoms with van der Waals surface area (Å²) in [6, 6.07) is 7.11. The first-order valence-electron chi connectivity index (χ1n) is 7.74. The highest BCUT2D eigenvalue weighted by atomic mass is 16.5. The third-order valence-electron chi connectivity index (χ3n) is 3.28. The Kier molecular flexibility index (Phi) is 6.88. The molecule has 1 aromatic rings. The Balaban J connectivity index is 2.68. The monoisotopic (exact) mass is 322 g/mol. The van der Waals surface area contributed by atoms with E-state index in [1.807, 2.05) is 26.8 Å². The maximum atomic E-state index is 12.1. The Morgan fingerprint density at radius 2 is 1.78 bits per heavy atom. The minimum atomic E-state index is -1.09. The van der Waals surface area contributed by atoms with Crippen LogP contribution in [0.15, 0.2) is 24.3 Å². The summed E-state index contributed by atoms with van der Waals surface area (Å²) in [4.78, 5) is 23.8. The number of nitrogens with two attached hydrogens (primary N) is 1. The summed E-state index contributed by atoms with van der Waals surface area (Å²) in [6.45, 7) is 7.70. The summed E-state index contributed by atoms with van der Waals surface area (Å²) in [6.07, 6.45) is 0.462. The molecule has 1 atom stereocenters. The van der Waals surface area contributed by atoms with Crippen molar-refractivity contribution in [2.45, 2.75) is 39.7 Å². The molecular formula is C17H26N2O4. The topological polar surface area (TPSA) is 90.7 Å². The third kappa shape index (κ3) is 5.81. The SMILES string of the molecule is CCOc1ccccc1OCC(=O)NC(C)(CC(C)C)C(N)=O. The van der Waals surface area contributed by atoms with Crippen LogP contribution in [0.2, 0.25) is 0 Å². The molecule has 1 rings (SSSR count). The van der Waals surface area contributed by atoms with E-state index in [0.717, 1.165) is 0 Å². The number of amides is 2. The maximum absolute atomic E-state index is 12.1. The van der Waals surface area contributed by atoms with E-state index in [9.17, 15) is 9.59 Å². The molecule has 0 aliphatic rings. The van der Waals surface area contributed by atoms with E-state index in [0.29, 0.717) is 24.5 Å². The zero-order valence-electron chi connectivity index (χ0n) is 14.2. The second-order valence-electron chi connectivity index (χ2n) is 6.01. The summed E-state index contributed by atoms with van der Waals surface area (Å²) in [5.74, 6) is 0.302. The average molecular weight is 322 g/mol. The molecule has 128 valence electrons. The standard InChI is InChI=1S/C17H26N2O4/c1-5-22-13-8-6-7-9-14(13)23-11-15(20)19-17(4,16(18)21)10-12(2)3/h6-9,12H,5,10-11H2,1-4H3,(H2,18,21)(H,19,20). The molecule has 0 saturated heterocycles. The summed E-state index contributed by atoms with van der Waals surface area (Å²) in [5, 5.41) is 2.67. The first-order chi connectivity index (χ1) is 10.8. The third-order valence-corrected chi connectivity index (χ3v) is 3.28. The van der Waals surface area contributed by atoms with Crippen LogP contribution in [0.25, 0.3) is 0 Å². The van der Waals surface area contributed by atoms with Crippen LogP contribution in [-0.2, 0) is 9.59 Å². The molecular weight excluding hydrogens is 296 g/mol.